The molecule has 11 heteroatoms. The predicted molar refractivity (Wildman–Crippen MR) is 96.0 cm³/mol. The van der Waals surface area contributed by atoms with Gasteiger partial charge in [-0.15, -0.1) is 0 Å². The van der Waals surface area contributed by atoms with Crippen molar-refractivity contribution in [3.63, 3.8) is 0 Å². The van der Waals surface area contributed by atoms with E-state index >= 15 is 0 Å². The topological polar surface area (TPSA) is 73.0 Å². The Labute approximate surface area is 158 Å². The number of benzene rings is 1. The highest BCUT2D eigenvalue weighted by atomic mass is 32.2. The number of thioether (sulfide) groups is 1. The van der Waals surface area contributed by atoms with Gasteiger partial charge in [0.05, 0.1) is 11.3 Å². The first kappa shape index (κ1) is 17.9. The van der Waals surface area contributed by atoms with E-state index in [1.807, 2.05) is 0 Å². The van der Waals surface area contributed by atoms with Gasteiger partial charge in [-0.2, -0.15) is 22.8 Å². The number of nitrogens with zero attached hydrogens (tertiary/aromatic N) is 5. The molecule has 3 heterocycles. The minimum atomic E-state index is -4.63. The quantitative estimate of drug-likeness (QED) is 0.379. The van der Waals surface area contributed by atoms with Crippen molar-refractivity contribution in [3.05, 3.63) is 57.2 Å². The predicted octanol–water partition coefficient (Wildman–Crippen LogP) is 3.71. The van der Waals surface area contributed by atoms with E-state index in [1.165, 1.54) is 28.0 Å². The van der Waals surface area contributed by atoms with E-state index < -0.39 is 12.0 Å². The van der Waals surface area contributed by atoms with Crippen molar-refractivity contribution < 1.29 is 13.2 Å². The summed E-state index contributed by atoms with van der Waals surface area (Å²) in [5.74, 6) is -0.924. The van der Waals surface area contributed by atoms with Crippen molar-refractivity contribution in [1.82, 2.24) is 24.6 Å². The van der Waals surface area contributed by atoms with Gasteiger partial charge in [0.1, 0.15) is 10.0 Å². The molecule has 0 spiro atoms. The molecule has 1 aromatic carbocycles. The maximum absolute atomic E-state index is 13.1. The molecule has 0 aliphatic rings. The number of para-hydroxylation sites is 1. The van der Waals surface area contributed by atoms with Gasteiger partial charge in [-0.25, -0.2) is 15.0 Å². The number of aryl methyl sites for hydroxylation is 1. The number of alkyl halides is 3. The smallest absolute Gasteiger partial charge is 0.267 e. The summed E-state index contributed by atoms with van der Waals surface area (Å²) >= 11 is 2.33. The summed E-state index contributed by atoms with van der Waals surface area (Å²) in [6, 6.07) is 7.90. The van der Waals surface area contributed by atoms with Crippen LogP contribution >= 0.6 is 23.1 Å². The largest absolute Gasteiger partial charge is 0.451 e. The van der Waals surface area contributed by atoms with Crippen molar-refractivity contribution in [3.8, 4) is 0 Å². The fourth-order valence-corrected chi connectivity index (χ4v) is 4.38. The van der Waals surface area contributed by atoms with E-state index in [-0.39, 0.29) is 21.9 Å². The molecule has 0 unspecified atom stereocenters. The third kappa shape index (κ3) is 3.52. The second-order valence-electron chi connectivity index (χ2n) is 5.58. The molecule has 0 aliphatic heterocycles. The highest BCUT2D eigenvalue weighted by Crippen LogP contribution is 2.33. The van der Waals surface area contributed by atoms with Crippen LogP contribution in [0.4, 0.5) is 13.2 Å². The molecule has 0 aliphatic carbocycles. The normalized spacial score (nSPS) is 12.1. The summed E-state index contributed by atoms with van der Waals surface area (Å²) in [4.78, 5) is 23.9. The lowest BCUT2D eigenvalue weighted by Gasteiger charge is -2.09. The maximum atomic E-state index is 13.1. The van der Waals surface area contributed by atoms with Crippen molar-refractivity contribution in [2.24, 2.45) is 0 Å². The molecule has 4 aromatic rings. The molecular weight excluding hydrogens is 399 g/mol. The van der Waals surface area contributed by atoms with Gasteiger partial charge >= 0.3 is 6.18 Å². The zero-order valence-electron chi connectivity index (χ0n) is 13.7. The lowest BCUT2D eigenvalue weighted by atomic mass is 10.2. The first-order valence-electron chi connectivity index (χ1n) is 7.64. The van der Waals surface area contributed by atoms with Crippen molar-refractivity contribution >= 4 is 39.0 Å². The Morgan fingerprint density at radius 2 is 1.96 bits per heavy atom. The molecule has 0 bridgehead atoms. The Bertz CT molecular complexity index is 1220. The van der Waals surface area contributed by atoms with Gasteiger partial charge in [-0.1, -0.05) is 41.3 Å². The van der Waals surface area contributed by atoms with Gasteiger partial charge in [0.15, 0.2) is 0 Å². The van der Waals surface area contributed by atoms with Gasteiger partial charge in [0, 0.05) is 17.1 Å². The van der Waals surface area contributed by atoms with Gasteiger partial charge < -0.3 is 0 Å². The molecule has 6 nitrogen and oxygen atoms in total. The molecule has 0 saturated carbocycles. The minimum absolute atomic E-state index is 0.212. The number of halogens is 3. The van der Waals surface area contributed by atoms with E-state index in [4.69, 9.17) is 0 Å². The standard InChI is InChI=1S/C16H10F3N5OS2/c1-8-6-12(25)24-15(20-8)27-11(23-24)7-26-13-9-4-2-3-5-10(9)21-14(22-13)16(17,18)19/h2-6H,7H2,1H3. The lowest BCUT2D eigenvalue weighted by molar-refractivity contribution is -0.145. The monoisotopic (exact) mass is 409 g/mol. The maximum Gasteiger partial charge on any atom is 0.451 e. The van der Waals surface area contributed by atoms with Crippen LogP contribution in [0.25, 0.3) is 15.9 Å². The van der Waals surface area contributed by atoms with E-state index in [0.717, 1.165) is 11.8 Å². The molecule has 0 fully saturated rings. The second kappa shape index (κ2) is 6.57. The Hall–Kier alpha value is -2.53. The number of aromatic nitrogens is 5. The van der Waals surface area contributed by atoms with Crippen molar-refractivity contribution in [2.75, 3.05) is 0 Å². The van der Waals surface area contributed by atoms with E-state index in [1.54, 1.807) is 25.1 Å². The minimum Gasteiger partial charge on any atom is -0.267 e. The molecule has 0 amide bonds. The molecule has 138 valence electrons. The fraction of sp³-hybridized carbons (Fsp3) is 0.188. The Balaban J connectivity index is 1.71. The number of hydrogen-bond acceptors (Lipinski definition) is 7. The molecule has 0 saturated heterocycles. The molecule has 3 aromatic heterocycles. The average Bonchev–Trinajstić information content (AvgIpc) is 3.02. The molecule has 0 N–H and O–H groups in total. The first-order valence-corrected chi connectivity index (χ1v) is 9.44. The van der Waals surface area contributed by atoms with E-state index in [9.17, 15) is 18.0 Å². The van der Waals surface area contributed by atoms with Crippen LogP contribution in [-0.4, -0.2) is 24.6 Å². The van der Waals surface area contributed by atoms with Crippen LogP contribution in [0.15, 0.2) is 40.2 Å². The summed E-state index contributed by atoms with van der Waals surface area (Å²) in [7, 11) is 0. The molecule has 0 atom stereocenters. The first-order chi connectivity index (χ1) is 12.8. The van der Waals surface area contributed by atoms with Crippen LogP contribution < -0.4 is 5.56 Å². The molecule has 0 radical (unpaired) electrons. The van der Waals surface area contributed by atoms with Gasteiger partial charge in [-0.3, -0.25) is 4.79 Å². The number of rotatable bonds is 3. The van der Waals surface area contributed by atoms with Crippen LogP contribution in [0.3, 0.4) is 0 Å². The average molecular weight is 409 g/mol. The van der Waals surface area contributed by atoms with E-state index in [0.29, 0.717) is 21.0 Å². The Morgan fingerprint density at radius 1 is 1.19 bits per heavy atom. The van der Waals surface area contributed by atoms with Crippen LogP contribution in [-0.2, 0) is 11.9 Å². The summed E-state index contributed by atoms with van der Waals surface area (Å²) < 4.78 is 40.5. The Morgan fingerprint density at radius 3 is 2.74 bits per heavy atom. The second-order valence-corrected chi connectivity index (χ2v) is 7.59. The molecule has 27 heavy (non-hydrogen) atoms. The van der Waals surface area contributed by atoms with Crippen LogP contribution in [0.5, 0.6) is 0 Å². The van der Waals surface area contributed by atoms with Crippen LogP contribution in [0, 0.1) is 6.92 Å². The fourth-order valence-electron chi connectivity index (χ4n) is 2.43. The van der Waals surface area contributed by atoms with E-state index in [2.05, 4.69) is 20.1 Å². The molecule has 4 rings (SSSR count). The van der Waals surface area contributed by atoms with Crippen LogP contribution in [0.1, 0.15) is 16.5 Å². The summed E-state index contributed by atoms with van der Waals surface area (Å²) in [5, 5.41) is 5.50. The zero-order chi connectivity index (χ0) is 19.2. The van der Waals surface area contributed by atoms with Gasteiger partial charge in [-0.05, 0) is 13.0 Å². The zero-order valence-corrected chi connectivity index (χ0v) is 15.3. The van der Waals surface area contributed by atoms with Crippen molar-refractivity contribution in [1.29, 1.82) is 0 Å². The SMILES string of the molecule is Cc1cc(=O)n2nc(CSc3nc(C(F)(F)F)nc4ccccc34)sc2n1. The van der Waals surface area contributed by atoms with Gasteiger partial charge in [0.2, 0.25) is 10.8 Å². The molecular formula is C16H10F3N5OS2. The van der Waals surface area contributed by atoms with Crippen molar-refractivity contribution in [2.45, 2.75) is 23.9 Å². The van der Waals surface area contributed by atoms with Crippen LogP contribution in [0.2, 0.25) is 0 Å². The summed E-state index contributed by atoms with van der Waals surface area (Å²) in [6.07, 6.45) is -4.63. The highest BCUT2D eigenvalue weighted by molar-refractivity contribution is 7.98. The third-order valence-electron chi connectivity index (χ3n) is 3.57. The third-order valence-corrected chi connectivity index (χ3v) is 5.66. The lowest BCUT2D eigenvalue weighted by Crippen LogP contribution is -2.14. The summed E-state index contributed by atoms with van der Waals surface area (Å²) in [5.41, 5.74) is 0.511. The van der Waals surface area contributed by atoms with Gasteiger partial charge in [0.25, 0.3) is 5.56 Å². The number of hydrogen-bond donors (Lipinski definition) is 0. The summed E-state index contributed by atoms with van der Waals surface area (Å²) in [6.45, 7) is 1.71. The Kier molecular flexibility index (Phi) is 4.35. The highest BCUT2D eigenvalue weighted by Gasteiger charge is 2.35. The number of fused-ring (bicyclic) bond motifs is 2.